The van der Waals surface area contributed by atoms with Crippen LogP contribution >= 0.6 is 0 Å². The highest BCUT2D eigenvalue weighted by atomic mass is 16.4. The normalized spacial score (nSPS) is 12.8. The third-order valence-electron chi connectivity index (χ3n) is 3.75. The number of aromatic nitrogens is 2. The van der Waals surface area contributed by atoms with Gasteiger partial charge < -0.3 is 9.67 Å². The van der Waals surface area contributed by atoms with Gasteiger partial charge in [-0.25, -0.2) is 9.78 Å². The maximum atomic E-state index is 11.5. The zero-order valence-electron chi connectivity index (χ0n) is 12.4. The molecule has 108 valence electrons. The Balaban J connectivity index is 2.62. The second-order valence-corrected chi connectivity index (χ2v) is 5.22. The van der Waals surface area contributed by atoms with Gasteiger partial charge in [-0.2, -0.15) is 0 Å². The van der Waals surface area contributed by atoms with E-state index >= 15 is 0 Å². The fraction of sp³-hybridized carbons (Fsp3) is 0.500. The number of aromatic carboxylic acids is 1. The van der Waals surface area contributed by atoms with Crippen LogP contribution in [0, 0.1) is 0 Å². The molecule has 1 atom stereocenters. The summed E-state index contributed by atoms with van der Waals surface area (Å²) in [5.41, 5.74) is 1.89. The number of fused-ring (bicyclic) bond motifs is 1. The molecule has 0 bridgehead atoms. The molecule has 20 heavy (non-hydrogen) atoms. The van der Waals surface area contributed by atoms with E-state index in [0.717, 1.165) is 42.5 Å². The first-order chi connectivity index (χ1) is 9.60. The van der Waals surface area contributed by atoms with Crippen molar-refractivity contribution in [2.75, 3.05) is 0 Å². The number of nitrogens with zero attached hydrogens (tertiary/aromatic N) is 2. The molecular formula is C16H22N2O2. The molecule has 0 saturated carbocycles. The highest BCUT2D eigenvalue weighted by Crippen LogP contribution is 2.27. The first kappa shape index (κ1) is 14.6. The highest BCUT2D eigenvalue weighted by Gasteiger charge is 2.19. The lowest BCUT2D eigenvalue weighted by Gasteiger charge is -2.17. The standard InChI is InChI=1S/C16H22N2O2/c1-4-6-8-11(3)18-14(5-2)17-13-10-7-9-12(15(13)18)16(19)20/h7,9-11H,4-6,8H2,1-3H3,(H,19,20). The molecule has 0 aliphatic rings. The molecule has 0 fully saturated rings. The van der Waals surface area contributed by atoms with Crippen LogP contribution < -0.4 is 0 Å². The Kier molecular flexibility index (Phi) is 4.42. The van der Waals surface area contributed by atoms with Gasteiger partial charge in [0.15, 0.2) is 0 Å². The van der Waals surface area contributed by atoms with Crippen molar-refractivity contribution in [2.24, 2.45) is 0 Å². The molecule has 0 amide bonds. The zero-order chi connectivity index (χ0) is 14.7. The Bertz CT molecular complexity index is 616. The Morgan fingerprint density at radius 3 is 2.75 bits per heavy atom. The van der Waals surface area contributed by atoms with Crippen LogP contribution in [-0.2, 0) is 6.42 Å². The Morgan fingerprint density at radius 2 is 2.15 bits per heavy atom. The van der Waals surface area contributed by atoms with Gasteiger partial charge in [0.05, 0.1) is 16.6 Å². The van der Waals surface area contributed by atoms with Gasteiger partial charge in [-0.1, -0.05) is 32.8 Å². The SMILES string of the molecule is CCCCC(C)n1c(CC)nc2cccc(C(=O)O)c21. The second kappa shape index (κ2) is 6.07. The van der Waals surface area contributed by atoms with Gasteiger partial charge in [0.1, 0.15) is 5.82 Å². The van der Waals surface area contributed by atoms with E-state index in [2.05, 4.69) is 30.3 Å². The van der Waals surface area contributed by atoms with Crippen LogP contribution in [0.5, 0.6) is 0 Å². The summed E-state index contributed by atoms with van der Waals surface area (Å²) in [5, 5.41) is 9.41. The van der Waals surface area contributed by atoms with Gasteiger partial charge in [0.25, 0.3) is 0 Å². The second-order valence-electron chi connectivity index (χ2n) is 5.22. The summed E-state index contributed by atoms with van der Waals surface area (Å²) in [5.74, 6) is 0.0828. The van der Waals surface area contributed by atoms with Crippen molar-refractivity contribution in [3.8, 4) is 0 Å². The fourth-order valence-electron chi connectivity index (χ4n) is 2.72. The average molecular weight is 274 g/mol. The van der Waals surface area contributed by atoms with E-state index in [4.69, 9.17) is 0 Å². The summed E-state index contributed by atoms with van der Waals surface area (Å²) in [6, 6.07) is 5.59. The number of aryl methyl sites for hydroxylation is 1. The van der Waals surface area contributed by atoms with Crippen molar-refractivity contribution in [1.82, 2.24) is 9.55 Å². The van der Waals surface area contributed by atoms with Gasteiger partial charge in [0, 0.05) is 12.5 Å². The molecular weight excluding hydrogens is 252 g/mol. The minimum absolute atomic E-state index is 0.274. The van der Waals surface area contributed by atoms with Crippen LogP contribution in [-0.4, -0.2) is 20.6 Å². The maximum Gasteiger partial charge on any atom is 0.337 e. The molecule has 1 aromatic carbocycles. The van der Waals surface area contributed by atoms with Crippen molar-refractivity contribution in [2.45, 2.75) is 52.5 Å². The van der Waals surface area contributed by atoms with Crippen molar-refractivity contribution in [1.29, 1.82) is 0 Å². The lowest BCUT2D eigenvalue weighted by molar-refractivity contribution is 0.0698. The lowest BCUT2D eigenvalue weighted by atomic mass is 10.1. The van der Waals surface area contributed by atoms with E-state index < -0.39 is 5.97 Å². The number of carbonyl (C=O) groups is 1. The molecule has 1 heterocycles. The quantitative estimate of drug-likeness (QED) is 0.864. The average Bonchev–Trinajstić information content (AvgIpc) is 2.82. The van der Waals surface area contributed by atoms with Crippen molar-refractivity contribution in [3.63, 3.8) is 0 Å². The fourth-order valence-corrected chi connectivity index (χ4v) is 2.72. The monoisotopic (exact) mass is 274 g/mol. The Hall–Kier alpha value is -1.84. The molecule has 0 aliphatic heterocycles. The number of unbranched alkanes of at least 4 members (excludes halogenated alkanes) is 1. The van der Waals surface area contributed by atoms with Gasteiger partial charge in [-0.15, -0.1) is 0 Å². The van der Waals surface area contributed by atoms with E-state index in [0.29, 0.717) is 5.56 Å². The topological polar surface area (TPSA) is 55.1 Å². The van der Waals surface area contributed by atoms with Crippen molar-refractivity contribution in [3.05, 3.63) is 29.6 Å². The van der Waals surface area contributed by atoms with E-state index in [1.54, 1.807) is 12.1 Å². The van der Waals surface area contributed by atoms with E-state index in [9.17, 15) is 9.90 Å². The predicted octanol–water partition coefficient (Wildman–Crippen LogP) is 4.05. The summed E-state index contributed by atoms with van der Waals surface area (Å²) < 4.78 is 2.12. The van der Waals surface area contributed by atoms with Crippen LogP contribution in [0.25, 0.3) is 11.0 Å². The van der Waals surface area contributed by atoms with E-state index in [-0.39, 0.29) is 6.04 Å². The molecule has 0 saturated heterocycles. The first-order valence-corrected chi connectivity index (χ1v) is 7.33. The van der Waals surface area contributed by atoms with Crippen LogP contribution in [0.2, 0.25) is 0 Å². The zero-order valence-corrected chi connectivity index (χ0v) is 12.4. The van der Waals surface area contributed by atoms with Crippen LogP contribution in [0.15, 0.2) is 18.2 Å². The number of imidazole rings is 1. The molecule has 2 aromatic rings. The number of hydrogen-bond donors (Lipinski definition) is 1. The molecule has 1 aromatic heterocycles. The van der Waals surface area contributed by atoms with Crippen LogP contribution in [0.3, 0.4) is 0 Å². The van der Waals surface area contributed by atoms with E-state index in [1.807, 2.05) is 6.07 Å². The summed E-state index contributed by atoms with van der Waals surface area (Å²) in [7, 11) is 0. The third-order valence-corrected chi connectivity index (χ3v) is 3.75. The lowest BCUT2D eigenvalue weighted by Crippen LogP contribution is -2.11. The molecule has 2 rings (SSSR count). The van der Waals surface area contributed by atoms with Gasteiger partial charge >= 0.3 is 5.97 Å². The summed E-state index contributed by atoms with van der Waals surface area (Å²) in [4.78, 5) is 16.1. The smallest absolute Gasteiger partial charge is 0.337 e. The predicted molar refractivity (Wildman–Crippen MR) is 80.3 cm³/mol. The minimum Gasteiger partial charge on any atom is -0.478 e. The number of para-hydroxylation sites is 1. The number of carboxylic acids is 1. The Morgan fingerprint density at radius 1 is 1.40 bits per heavy atom. The molecule has 4 heteroatoms. The largest absolute Gasteiger partial charge is 0.478 e. The van der Waals surface area contributed by atoms with Crippen molar-refractivity contribution < 1.29 is 9.90 Å². The first-order valence-electron chi connectivity index (χ1n) is 7.33. The number of rotatable bonds is 6. The van der Waals surface area contributed by atoms with E-state index in [1.165, 1.54) is 0 Å². The highest BCUT2D eigenvalue weighted by molar-refractivity contribution is 6.01. The minimum atomic E-state index is -0.887. The van der Waals surface area contributed by atoms with Gasteiger partial charge in [-0.3, -0.25) is 0 Å². The van der Waals surface area contributed by atoms with Gasteiger partial charge in [-0.05, 0) is 25.5 Å². The Labute approximate surface area is 119 Å². The maximum absolute atomic E-state index is 11.5. The van der Waals surface area contributed by atoms with Crippen molar-refractivity contribution >= 4 is 17.0 Å². The van der Waals surface area contributed by atoms with Crippen LogP contribution in [0.1, 0.15) is 62.3 Å². The molecule has 4 nitrogen and oxygen atoms in total. The molecule has 0 radical (unpaired) electrons. The summed E-state index contributed by atoms with van der Waals surface area (Å²) >= 11 is 0. The third kappa shape index (κ3) is 2.55. The molecule has 1 unspecified atom stereocenters. The molecule has 0 spiro atoms. The van der Waals surface area contributed by atoms with Gasteiger partial charge in [0.2, 0.25) is 0 Å². The number of hydrogen-bond acceptors (Lipinski definition) is 2. The number of carboxylic acid groups (broad SMARTS) is 1. The number of benzene rings is 1. The summed E-state index contributed by atoms with van der Waals surface area (Å²) in [6.07, 6.45) is 4.14. The molecule has 1 N–H and O–H groups in total. The summed E-state index contributed by atoms with van der Waals surface area (Å²) in [6.45, 7) is 6.38. The van der Waals surface area contributed by atoms with Crippen LogP contribution in [0.4, 0.5) is 0 Å². The molecule has 0 aliphatic carbocycles.